The van der Waals surface area contributed by atoms with Crippen LogP contribution in [0.1, 0.15) is 22.2 Å². The van der Waals surface area contributed by atoms with E-state index in [-0.39, 0.29) is 11.9 Å². The standard InChI is InChI=1S/C15H19N3OS/c1-11(9-12-5-4-8-20-12)18(3)15(19)13-10-17-7-6-14(13)16-2/h4-8,10-11H,9H2,1-3H3,(H,16,17). The summed E-state index contributed by atoms with van der Waals surface area (Å²) in [6.45, 7) is 2.06. The lowest BCUT2D eigenvalue weighted by molar-refractivity contribution is 0.0744. The first kappa shape index (κ1) is 14.5. The van der Waals surface area contributed by atoms with Gasteiger partial charge in [0.15, 0.2) is 0 Å². The van der Waals surface area contributed by atoms with Crippen LogP contribution in [0.5, 0.6) is 0 Å². The predicted molar refractivity (Wildman–Crippen MR) is 83.4 cm³/mol. The van der Waals surface area contributed by atoms with Crippen molar-refractivity contribution >= 4 is 22.9 Å². The van der Waals surface area contributed by atoms with E-state index in [1.165, 1.54) is 4.88 Å². The van der Waals surface area contributed by atoms with Crippen LogP contribution in [-0.2, 0) is 6.42 Å². The fourth-order valence-electron chi connectivity index (χ4n) is 2.03. The van der Waals surface area contributed by atoms with E-state index >= 15 is 0 Å². The molecule has 0 aliphatic heterocycles. The minimum absolute atomic E-state index is 0.00786. The summed E-state index contributed by atoms with van der Waals surface area (Å²) < 4.78 is 0. The number of hydrogen-bond acceptors (Lipinski definition) is 4. The van der Waals surface area contributed by atoms with Gasteiger partial charge in [-0.05, 0) is 24.4 Å². The Kier molecular flexibility index (Phi) is 4.74. The third kappa shape index (κ3) is 3.17. The number of amides is 1. The summed E-state index contributed by atoms with van der Waals surface area (Å²) in [5.41, 5.74) is 1.41. The summed E-state index contributed by atoms with van der Waals surface area (Å²) >= 11 is 1.72. The van der Waals surface area contributed by atoms with E-state index in [2.05, 4.69) is 28.7 Å². The summed E-state index contributed by atoms with van der Waals surface area (Å²) in [5.74, 6) is -0.00786. The molecular formula is C15H19N3OS. The number of pyridine rings is 1. The Labute approximate surface area is 123 Å². The Morgan fingerprint density at radius 2 is 2.30 bits per heavy atom. The van der Waals surface area contributed by atoms with Gasteiger partial charge in [-0.25, -0.2) is 0 Å². The highest BCUT2D eigenvalue weighted by Gasteiger charge is 2.20. The molecule has 1 unspecified atom stereocenters. The van der Waals surface area contributed by atoms with Crippen LogP contribution in [-0.4, -0.2) is 35.9 Å². The third-order valence-corrected chi connectivity index (χ3v) is 4.28. The largest absolute Gasteiger partial charge is 0.387 e. The lowest BCUT2D eigenvalue weighted by atomic mass is 10.1. The maximum atomic E-state index is 12.5. The van der Waals surface area contributed by atoms with Gasteiger partial charge in [0.05, 0.1) is 5.56 Å². The van der Waals surface area contributed by atoms with Crippen molar-refractivity contribution in [2.45, 2.75) is 19.4 Å². The smallest absolute Gasteiger partial charge is 0.257 e. The van der Waals surface area contributed by atoms with E-state index in [0.717, 1.165) is 12.1 Å². The molecule has 0 aliphatic carbocycles. The Hall–Kier alpha value is -1.88. The van der Waals surface area contributed by atoms with E-state index in [9.17, 15) is 4.79 Å². The predicted octanol–water partition coefficient (Wildman–Crippen LogP) is 2.89. The van der Waals surface area contributed by atoms with Gasteiger partial charge < -0.3 is 10.2 Å². The maximum absolute atomic E-state index is 12.5. The van der Waals surface area contributed by atoms with Crippen molar-refractivity contribution in [2.24, 2.45) is 0 Å². The van der Waals surface area contributed by atoms with Crippen molar-refractivity contribution < 1.29 is 4.79 Å². The molecule has 1 N–H and O–H groups in total. The number of carbonyl (C=O) groups is 1. The summed E-state index contributed by atoms with van der Waals surface area (Å²) in [7, 11) is 3.65. The van der Waals surface area contributed by atoms with Crippen molar-refractivity contribution in [3.05, 3.63) is 46.4 Å². The van der Waals surface area contributed by atoms with Gasteiger partial charge in [-0.3, -0.25) is 9.78 Å². The number of likely N-dealkylation sites (N-methyl/N-ethyl adjacent to an activating group) is 1. The summed E-state index contributed by atoms with van der Waals surface area (Å²) in [5, 5.41) is 5.09. The Morgan fingerprint density at radius 1 is 1.50 bits per heavy atom. The van der Waals surface area contributed by atoms with E-state index < -0.39 is 0 Å². The molecule has 2 aromatic heterocycles. The first-order valence-electron chi connectivity index (χ1n) is 6.54. The highest BCUT2D eigenvalue weighted by atomic mass is 32.1. The molecule has 20 heavy (non-hydrogen) atoms. The number of anilines is 1. The Balaban J connectivity index is 2.11. The molecule has 0 radical (unpaired) electrons. The first-order valence-corrected chi connectivity index (χ1v) is 7.42. The van der Waals surface area contributed by atoms with Crippen molar-refractivity contribution in [2.75, 3.05) is 19.4 Å². The second-order valence-corrected chi connectivity index (χ2v) is 5.75. The molecule has 0 saturated heterocycles. The molecule has 1 atom stereocenters. The zero-order valence-corrected chi connectivity index (χ0v) is 12.8. The average Bonchev–Trinajstić information content (AvgIpc) is 2.98. The molecule has 0 bridgehead atoms. The van der Waals surface area contributed by atoms with Crippen LogP contribution >= 0.6 is 11.3 Å². The van der Waals surface area contributed by atoms with Gasteiger partial charge in [0.1, 0.15) is 0 Å². The Bertz CT molecular complexity index is 568. The van der Waals surface area contributed by atoms with E-state index in [1.54, 1.807) is 35.7 Å². The van der Waals surface area contributed by atoms with Crippen LogP contribution in [0, 0.1) is 0 Å². The lowest BCUT2D eigenvalue weighted by Gasteiger charge is -2.25. The van der Waals surface area contributed by atoms with E-state index in [1.807, 2.05) is 19.2 Å². The van der Waals surface area contributed by atoms with Crippen molar-refractivity contribution in [1.82, 2.24) is 9.88 Å². The number of hydrogen-bond donors (Lipinski definition) is 1. The van der Waals surface area contributed by atoms with Gasteiger partial charge >= 0.3 is 0 Å². The molecule has 2 aromatic rings. The van der Waals surface area contributed by atoms with Crippen LogP contribution in [0.3, 0.4) is 0 Å². The highest BCUT2D eigenvalue weighted by Crippen LogP contribution is 2.18. The van der Waals surface area contributed by atoms with Crippen molar-refractivity contribution in [3.8, 4) is 0 Å². The molecule has 2 heterocycles. The zero-order chi connectivity index (χ0) is 14.5. The van der Waals surface area contributed by atoms with E-state index in [4.69, 9.17) is 0 Å². The van der Waals surface area contributed by atoms with Gasteiger partial charge in [-0.1, -0.05) is 6.07 Å². The average molecular weight is 289 g/mol. The van der Waals surface area contributed by atoms with Gasteiger partial charge in [-0.2, -0.15) is 0 Å². The number of carbonyl (C=O) groups excluding carboxylic acids is 1. The highest BCUT2D eigenvalue weighted by molar-refractivity contribution is 7.09. The van der Waals surface area contributed by atoms with Gasteiger partial charge in [0.25, 0.3) is 5.91 Å². The number of thiophene rings is 1. The number of nitrogens with one attached hydrogen (secondary N) is 1. The summed E-state index contributed by atoms with van der Waals surface area (Å²) in [6.07, 6.45) is 4.16. The third-order valence-electron chi connectivity index (χ3n) is 3.38. The number of aromatic nitrogens is 1. The maximum Gasteiger partial charge on any atom is 0.257 e. The zero-order valence-electron chi connectivity index (χ0n) is 12.0. The van der Waals surface area contributed by atoms with Gasteiger partial charge in [0.2, 0.25) is 0 Å². The molecule has 4 nitrogen and oxygen atoms in total. The van der Waals surface area contributed by atoms with Crippen LogP contribution in [0.15, 0.2) is 36.0 Å². The van der Waals surface area contributed by atoms with Crippen molar-refractivity contribution in [1.29, 1.82) is 0 Å². The minimum atomic E-state index is -0.00786. The van der Waals surface area contributed by atoms with Crippen molar-refractivity contribution in [3.63, 3.8) is 0 Å². The topological polar surface area (TPSA) is 45.2 Å². The van der Waals surface area contributed by atoms with E-state index in [0.29, 0.717) is 5.56 Å². The molecule has 0 fully saturated rings. The van der Waals surface area contributed by atoms with Crippen LogP contribution < -0.4 is 5.32 Å². The molecule has 0 aliphatic rings. The van der Waals surface area contributed by atoms with Crippen LogP contribution in [0.25, 0.3) is 0 Å². The van der Waals surface area contributed by atoms with Crippen LogP contribution in [0.4, 0.5) is 5.69 Å². The quantitative estimate of drug-likeness (QED) is 0.920. The lowest BCUT2D eigenvalue weighted by Crippen LogP contribution is -2.36. The van der Waals surface area contributed by atoms with Gasteiger partial charge in [0, 0.05) is 49.5 Å². The molecule has 0 saturated carbocycles. The number of nitrogens with zero attached hydrogens (tertiary/aromatic N) is 2. The molecule has 5 heteroatoms. The molecule has 0 spiro atoms. The molecule has 1 amide bonds. The molecular weight excluding hydrogens is 270 g/mol. The number of rotatable bonds is 5. The summed E-state index contributed by atoms with van der Waals surface area (Å²) in [6, 6.07) is 6.09. The normalized spacial score (nSPS) is 11.9. The fourth-order valence-corrected chi connectivity index (χ4v) is 2.86. The molecule has 0 aromatic carbocycles. The molecule has 106 valence electrons. The van der Waals surface area contributed by atoms with Gasteiger partial charge in [-0.15, -0.1) is 11.3 Å². The second kappa shape index (κ2) is 6.52. The Morgan fingerprint density at radius 3 is 2.95 bits per heavy atom. The summed E-state index contributed by atoms with van der Waals surface area (Å²) in [4.78, 5) is 19.7. The first-order chi connectivity index (χ1) is 9.63. The second-order valence-electron chi connectivity index (χ2n) is 4.72. The minimum Gasteiger partial charge on any atom is -0.387 e. The van der Waals surface area contributed by atoms with Crippen LogP contribution in [0.2, 0.25) is 0 Å². The fraction of sp³-hybridized carbons (Fsp3) is 0.333. The SMILES string of the molecule is CNc1ccncc1C(=O)N(C)C(C)Cc1cccs1. The molecule has 2 rings (SSSR count). The monoisotopic (exact) mass is 289 g/mol.